The molecule has 102 valence electrons. The van der Waals surface area contributed by atoms with Crippen molar-refractivity contribution < 1.29 is 14.3 Å². The largest absolute Gasteiger partial charge is 0.466 e. The molecule has 1 atom stereocenters. The summed E-state index contributed by atoms with van der Waals surface area (Å²) in [6, 6.07) is 3.65. The maximum absolute atomic E-state index is 12.0. The van der Waals surface area contributed by atoms with Gasteiger partial charge < -0.3 is 14.8 Å². The molecule has 0 aliphatic rings. The Balaban J connectivity index is 1.98. The summed E-state index contributed by atoms with van der Waals surface area (Å²) < 4.78 is 5.31. The van der Waals surface area contributed by atoms with Gasteiger partial charge in [0, 0.05) is 11.4 Å². The van der Waals surface area contributed by atoms with E-state index < -0.39 is 6.10 Å². The number of rotatable bonds is 4. The molecular weight excluding hydrogens is 262 g/mol. The average Bonchev–Trinajstić information content (AvgIpc) is 2.91. The van der Waals surface area contributed by atoms with Crippen LogP contribution in [0.1, 0.15) is 38.4 Å². The molecule has 0 unspecified atom stereocenters. The number of aliphatic hydroxyl groups excluding tert-OH is 1. The van der Waals surface area contributed by atoms with Crippen molar-refractivity contribution >= 4 is 17.2 Å². The van der Waals surface area contributed by atoms with E-state index in [1.165, 1.54) is 11.3 Å². The van der Waals surface area contributed by atoms with Crippen molar-refractivity contribution in [3.8, 4) is 0 Å². The van der Waals surface area contributed by atoms with Crippen LogP contribution in [-0.4, -0.2) is 17.6 Å². The molecule has 0 saturated carbocycles. The van der Waals surface area contributed by atoms with E-state index in [2.05, 4.69) is 5.32 Å². The van der Waals surface area contributed by atoms with Gasteiger partial charge in [-0.05, 0) is 43.8 Å². The highest BCUT2D eigenvalue weighted by Gasteiger charge is 2.16. The highest BCUT2D eigenvalue weighted by atomic mass is 32.1. The van der Waals surface area contributed by atoms with E-state index in [4.69, 9.17) is 4.42 Å². The molecule has 2 rings (SSSR count). The van der Waals surface area contributed by atoms with Crippen molar-refractivity contribution in [1.82, 2.24) is 5.32 Å². The van der Waals surface area contributed by atoms with Crippen molar-refractivity contribution in [3.05, 3.63) is 45.0 Å². The molecule has 2 aromatic rings. The normalized spacial score (nSPS) is 12.4. The lowest BCUT2D eigenvalue weighted by Crippen LogP contribution is -2.28. The number of amides is 1. The number of carbonyl (C=O) groups is 1. The van der Waals surface area contributed by atoms with Crippen LogP contribution >= 0.6 is 11.3 Å². The summed E-state index contributed by atoms with van der Waals surface area (Å²) in [6.45, 7) is 5.69. The Morgan fingerprint density at radius 1 is 1.47 bits per heavy atom. The maximum atomic E-state index is 12.0. The minimum atomic E-state index is -0.669. The standard InChI is InChI=1S/C14H17NO3S/c1-8-4-5-19-13(8)12(16)7-15-14(17)11-6-9(2)18-10(11)3/h4-6,12,16H,7H2,1-3H3,(H,15,17)/t12-/m0/s1. The number of aliphatic hydroxyl groups is 1. The van der Waals surface area contributed by atoms with Crippen LogP contribution in [0.5, 0.6) is 0 Å². The van der Waals surface area contributed by atoms with Gasteiger partial charge in [0.15, 0.2) is 0 Å². The number of thiophene rings is 1. The molecule has 0 bridgehead atoms. The first-order valence-electron chi connectivity index (χ1n) is 6.06. The highest BCUT2D eigenvalue weighted by Crippen LogP contribution is 2.23. The molecule has 2 N–H and O–H groups in total. The molecule has 0 radical (unpaired) electrons. The molecule has 1 amide bonds. The van der Waals surface area contributed by atoms with E-state index in [1.54, 1.807) is 19.9 Å². The topological polar surface area (TPSA) is 62.5 Å². The first kappa shape index (κ1) is 13.8. The first-order chi connectivity index (χ1) is 8.99. The second-order valence-electron chi connectivity index (χ2n) is 4.52. The second-order valence-corrected chi connectivity index (χ2v) is 5.47. The smallest absolute Gasteiger partial charge is 0.254 e. The van der Waals surface area contributed by atoms with Crippen LogP contribution in [0.15, 0.2) is 21.9 Å². The van der Waals surface area contributed by atoms with Crippen molar-refractivity contribution in [2.45, 2.75) is 26.9 Å². The van der Waals surface area contributed by atoms with Gasteiger partial charge in [0.1, 0.15) is 17.6 Å². The molecule has 0 aromatic carbocycles. The van der Waals surface area contributed by atoms with Crippen molar-refractivity contribution in [1.29, 1.82) is 0 Å². The molecule has 19 heavy (non-hydrogen) atoms. The molecule has 4 nitrogen and oxygen atoms in total. The molecule has 0 saturated heterocycles. The van der Waals surface area contributed by atoms with E-state index >= 15 is 0 Å². The molecule has 0 spiro atoms. The Morgan fingerprint density at radius 2 is 2.21 bits per heavy atom. The first-order valence-corrected chi connectivity index (χ1v) is 6.94. The molecular formula is C14H17NO3S. The zero-order chi connectivity index (χ0) is 14.0. The highest BCUT2D eigenvalue weighted by molar-refractivity contribution is 7.10. The lowest BCUT2D eigenvalue weighted by Gasteiger charge is -2.11. The summed E-state index contributed by atoms with van der Waals surface area (Å²) in [5.74, 6) is 1.08. The summed E-state index contributed by atoms with van der Waals surface area (Å²) in [6.07, 6.45) is -0.669. The fourth-order valence-corrected chi connectivity index (χ4v) is 2.87. The zero-order valence-electron chi connectivity index (χ0n) is 11.2. The van der Waals surface area contributed by atoms with Gasteiger partial charge in [-0.3, -0.25) is 4.79 Å². The van der Waals surface area contributed by atoms with Gasteiger partial charge in [-0.2, -0.15) is 0 Å². The second kappa shape index (κ2) is 5.59. The third-order valence-electron chi connectivity index (χ3n) is 2.95. The van der Waals surface area contributed by atoms with Crippen LogP contribution in [0.2, 0.25) is 0 Å². The molecule has 2 aromatic heterocycles. The van der Waals surface area contributed by atoms with Gasteiger partial charge in [0.2, 0.25) is 0 Å². The Bertz CT molecular complexity index is 585. The lowest BCUT2D eigenvalue weighted by atomic mass is 10.2. The van der Waals surface area contributed by atoms with Gasteiger partial charge in [-0.1, -0.05) is 0 Å². The monoisotopic (exact) mass is 279 g/mol. The van der Waals surface area contributed by atoms with Crippen molar-refractivity contribution in [3.63, 3.8) is 0 Å². The predicted molar refractivity (Wildman–Crippen MR) is 74.5 cm³/mol. The fraction of sp³-hybridized carbons (Fsp3) is 0.357. The number of furan rings is 1. The summed E-state index contributed by atoms with van der Waals surface area (Å²) in [5.41, 5.74) is 1.56. The minimum absolute atomic E-state index is 0.198. The SMILES string of the molecule is Cc1cc(C(=O)NC[C@H](O)c2sccc2C)c(C)o1. The van der Waals surface area contributed by atoms with E-state index in [-0.39, 0.29) is 12.5 Å². The number of carbonyl (C=O) groups excluding carboxylic acids is 1. The van der Waals surface area contributed by atoms with Crippen LogP contribution in [0.3, 0.4) is 0 Å². The number of aryl methyl sites for hydroxylation is 3. The van der Waals surface area contributed by atoms with E-state index in [0.29, 0.717) is 17.1 Å². The summed E-state index contributed by atoms with van der Waals surface area (Å²) in [5, 5.41) is 14.7. The minimum Gasteiger partial charge on any atom is -0.466 e. The third-order valence-corrected chi connectivity index (χ3v) is 4.07. The molecule has 2 heterocycles. The van der Waals surface area contributed by atoms with Gasteiger partial charge in [-0.25, -0.2) is 0 Å². The lowest BCUT2D eigenvalue weighted by molar-refractivity contribution is 0.0916. The van der Waals surface area contributed by atoms with Crippen LogP contribution < -0.4 is 5.32 Å². The van der Waals surface area contributed by atoms with Crippen LogP contribution in [0.25, 0.3) is 0 Å². The molecule has 0 aliphatic carbocycles. The summed E-state index contributed by atoms with van der Waals surface area (Å²) in [4.78, 5) is 12.8. The van der Waals surface area contributed by atoms with Crippen molar-refractivity contribution in [2.24, 2.45) is 0 Å². The van der Waals surface area contributed by atoms with Crippen LogP contribution in [0.4, 0.5) is 0 Å². The molecule has 0 aliphatic heterocycles. The number of nitrogens with one attached hydrogen (secondary N) is 1. The zero-order valence-corrected chi connectivity index (χ0v) is 12.0. The van der Waals surface area contributed by atoms with Gasteiger partial charge in [-0.15, -0.1) is 11.3 Å². The summed E-state index contributed by atoms with van der Waals surface area (Å²) >= 11 is 1.49. The Kier molecular flexibility index (Phi) is 4.07. The Hall–Kier alpha value is -1.59. The predicted octanol–water partition coefficient (Wildman–Crippen LogP) is 2.73. The average molecular weight is 279 g/mol. The van der Waals surface area contributed by atoms with E-state index in [0.717, 1.165) is 10.4 Å². The van der Waals surface area contributed by atoms with Gasteiger partial charge in [0.05, 0.1) is 5.56 Å². The Morgan fingerprint density at radius 3 is 2.74 bits per heavy atom. The number of hydrogen-bond acceptors (Lipinski definition) is 4. The van der Waals surface area contributed by atoms with Crippen LogP contribution in [-0.2, 0) is 0 Å². The van der Waals surface area contributed by atoms with E-state index in [1.807, 2.05) is 18.4 Å². The van der Waals surface area contributed by atoms with E-state index in [9.17, 15) is 9.90 Å². The third kappa shape index (κ3) is 3.05. The molecule has 5 heteroatoms. The molecule has 0 fully saturated rings. The summed E-state index contributed by atoms with van der Waals surface area (Å²) in [7, 11) is 0. The fourth-order valence-electron chi connectivity index (χ4n) is 1.96. The van der Waals surface area contributed by atoms with Gasteiger partial charge in [0.25, 0.3) is 5.91 Å². The Labute approximate surface area is 116 Å². The van der Waals surface area contributed by atoms with Crippen molar-refractivity contribution in [2.75, 3.05) is 6.54 Å². The van der Waals surface area contributed by atoms with Gasteiger partial charge >= 0.3 is 0 Å². The number of hydrogen-bond donors (Lipinski definition) is 2. The maximum Gasteiger partial charge on any atom is 0.254 e. The van der Waals surface area contributed by atoms with Crippen LogP contribution in [0, 0.1) is 20.8 Å². The quantitative estimate of drug-likeness (QED) is 0.904.